The van der Waals surface area contributed by atoms with Crippen LogP contribution in [0.5, 0.6) is 17.5 Å². The molecule has 10 heteroatoms. The van der Waals surface area contributed by atoms with Crippen molar-refractivity contribution >= 4 is 23.4 Å². The number of hydrazine groups is 1. The largest absolute Gasteiger partial charge is 0.482 e. The van der Waals surface area contributed by atoms with Crippen LogP contribution in [0.2, 0.25) is 0 Å². The molecule has 10 nitrogen and oxygen atoms in total. The number of anilines is 1. The molecule has 0 saturated carbocycles. The lowest BCUT2D eigenvalue weighted by atomic mass is 10.2. The van der Waals surface area contributed by atoms with E-state index in [0.29, 0.717) is 36.8 Å². The molecule has 2 aliphatic rings. The van der Waals surface area contributed by atoms with Gasteiger partial charge in [-0.05, 0) is 24.6 Å². The molecule has 3 heterocycles. The van der Waals surface area contributed by atoms with Gasteiger partial charge in [0.05, 0.1) is 19.9 Å². The van der Waals surface area contributed by atoms with Crippen LogP contribution in [0.4, 0.5) is 5.69 Å². The van der Waals surface area contributed by atoms with E-state index in [1.807, 2.05) is 0 Å². The number of fused-ring (bicyclic) bond motifs is 1. The molecule has 2 aliphatic heterocycles. The van der Waals surface area contributed by atoms with Crippen molar-refractivity contribution in [1.82, 2.24) is 15.0 Å². The molecular formula is C21H22N4O6. The van der Waals surface area contributed by atoms with E-state index in [1.54, 1.807) is 36.4 Å². The number of ether oxygens (including phenoxy) is 3. The van der Waals surface area contributed by atoms with Crippen LogP contribution < -0.4 is 19.1 Å². The second-order valence-electron chi connectivity index (χ2n) is 6.95. The molecule has 1 fully saturated rings. The quantitative estimate of drug-likeness (QED) is 0.706. The van der Waals surface area contributed by atoms with Gasteiger partial charge >= 0.3 is 0 Å². The average molecular weight is 426 g/mol. The number of aromatic nitrogens is 1. The number of hydrogen-bond donors (Lipinski definition) is 0. The Labute approximate surface area is 178 Å². The SMILES string of the molecule is COc1ccc(C(=O)N2CCCN2C(=O)CN2C(=O)COc3ccccc32)c(OC)n1. The molecule has 0 radical (unpaired) electrons. The third kappa shape index (κ3) is 3.83. The lowest BCUT2D eigenvalue weighted by Gasteiger charge is -2.33. The van der Waals surface area contributed by atoms with Crippen molar-refractivity contribution in [3.8, 4) is 17.5 Å². The van der Waals surface area contributed by atoms with E-state index in [0.717, 1.165) is 0 Å². The smallest absolute Gasteiger partial charge is 0.277 e. The van der Waals surface area contributed by atoms with Crippen LogP contribution in [0, 0.1) is 0 Å². The van der Waals surface area contributed by atoms with Gasteiger partial charge < -0.3 is 14.2 Å². The molecule has 0 spiro atoms. The minimum absolute atomic E-state index is 0.112. The van der Waals surface area contributed by atoms with Crippen LogP contribution in [-0.4, -0.2) is 73.2 Å². The van der Waals surface area contributed by atoms with Gasteiger partial charge in [0.2, 0.25) is 11.8 Å². The molecule has 0 atom stereocenters. The fourth-order valence-corrected chi connectivity index (χ4v) is 3.62. The number of para-hydroxylation sites is 2. The van der Waals surface area contributed by atoms with E-state index in [4.69, 9.17) is 14.2 Å². The molecule has 0 unspecified atom stereocenters. The van der Waals surface area contributed by atoms with Crippen molar-refractivity contribution in [2.45, 2.75) is 6.42 Å². The highest BCUT2D eigenvalue weighted by Crippen LogP contribution is 2.31. The summed E-state index contributed by atoms with van der Waals surface area (Å²) in [6, 6.07) is 10.1. The molecule has 31 heavy (non-hydrogen) atoms. The summed E-state index contributed by atoms with van der Waals surface area (Å²) in [6.07, 6.45) is 0.622. The Balaban J connectivity index is 1.54. The monoisotopic (exact) mass is 426 g/mol. The zero-order chi connectivity index (χ0) is 22.0. The molecule has 0 N–H and O–H groups in total. The van der Waals surface area contributed by atoms with E-state index in [9.17, 15) is 14.4 Å². The number of rotatable bonds is 5. The molecule has 0 aliphatic carbocycles. The van der Waals surface area contributed by atoms with E-state index in [2.05, 4.69) is 4.98 Å². The van der Waals surface area contributed by atoms with Gasteiger partial charge in [0.1, 0.15) is 17.9 Å². The van der Waals surface area contributed by atoms with Crippen LogP contribution in [0.3, 0.4) is 0 Å². The molecule has 1 saturated heterocycles. The average Bonchev–Trinajstić information content (AvgIpc) is 3.30. The number of amides is 3. The van der Waals surface area contributed by atoms with E-state index >= 15 is 0 Å². The maximum absolute atomic E-state index is 13.2. The van der Waals surface area contributed by atoms with Gasteiger partial charge in [-0.3, -0.25) is 19.3 Å². The Morgan fingerprint density at radius 2 is 1.84 bits per heavy atom. The maximum atomic E-state index is 13.2. The predicted octanol–water partition coefficient (Wildman–Crippen LogP) is 1.11. The van der Waals surface area contributed by atoms with Crippen molar-refractivity contribution < 1.29 is 28.6 Å². The molecule has 0 bridgehead atoms. The fourth-order valence-electron chi connectivity index (χ4n) is 3.62. The Morgan fingerprint density at radius 3 is 2.61 bits per heavy atom. The van der Waals surface area contributed by atoms with Gasteiger partial charge in [-0.25, -0.2) is 10.0 Å². The summed E-state index contributed by atoms with van der Waals surface area (Å²) in [5, 5.41) is 2.74. The number of benzene rings is 1. The van der Waals surface area contributed by atoms with Crippen molar-refractivity contribution in [3.05, 3.63) is 42.0 Å². The van der Waals surface area contributed by atoms with E-state index in [-0.39, 0.29) is 36.4 Å². The Hall–Kier alpha value is -3.82. The first-order valence-electron chi connectivity index (χ1n) is 9.77. The number of hydrogen-bond acceptors (Lipinski definition) is 7. The minimum atomic E-state index is -0.411. The van der Waals surface area contributed by atoms with Crippen LogP contribution in [0.1, 0.15) is 16.8 Å². The normalized spacial score (nSPS) is 15.4. The van der Waals surface area contributed by atoms with E-state index in [1.165, 1.54) is 29.1 Å². The lowest BCUT2D eigenvalue weighted by molar-refractivity contribution is -0.140. The molecular weight excluding hydrogens is 404 g/mol. The van der Waals surface area contributed by atoms with E-state index < -0.39 is 5.91 Å². The van der Waals surface area contributed by atoms with Crippen LogP contribution in [0.25, 0.3) is 0 Å². The first-order valence-corrected chi connectivity index (χ1v) is 9.77. The van der Waals surface area contributed by atoms with Gasteiger partial charge in [-0.15, -0.1) is 0 Å². The highest BCUT2D eigenvalue weighted by Gasteiger charge is 2.35. The Kier molecular flexibility index (Phi) is 5.61. The minimum Gasteiger partial charge on any atom is -0.482 e. The number of carbonyl (C=O) groups is 3. The highest BCUT2D eigenvalue weighted by molar-refractivity contribution is 6.03. The molecule has 1 aromatic carbocycles. The fraction of sp³-hybridized carbons (Fsp3) is 0.333. The molecule has 1 aromatic heterocycles. The molecule has 3 amide bonds. The van der Waals surface area contributed by atoms with Gasteiger partial charge in [0, 0.05) is 19.2 Å². The Bertz CT molecular complexity index is 1030. The number of pyridine rings is 1. The second kappa shape index (κ2) is 8.50. The van der Waals surface area contributed by atoms with Gasteiger partial charge in [0.15, 0.2) is 6.61 Å². The summed E-state index contributed by atoms with van der Waals surface area (Å²) < 4.78 is 15.7. The van der Waals surface area contributed by atoms with Crippen LogP contribution in [0.15, 0.2) is 36.4 Å². The molecule has 4 rings (SSSR count). The van der Waals surface area contributed by atoms with Crippen molar-refractivity contribution in [1.29, 1.82) is 0 Å². The lowest BCUT2D eigenvalue weighted by Crippen LogP contribution is -2.51. The van der Waals surface area contributed by atoms with Crippen molar-refractivity contribution in [2.24, 2.45) is 0 Å². The zero-order valence-electron chi connectivity index (χ0n) is 17.2. The molecule has 162 valence electrons. The summed E-state index contributed by atoms with van der Waals surface area (Å²) in [4.78, 5) is 44.2. The number of carbonyl (C=O) groups excluding carboxylic acids is 3. The Morgan fingerprint density at radius 1 is 1.06 bits per heavy atom. The summed E-state index contributed by atoms with van der Waals surface area (Å²) in [7, 11) is 2.88. The van der Waals surface area contributed by atoms with Crippen LogP contribution in [-0.2, 0) is 9.59 Å². The maximum Gasteiger partial charge on any atom is 0.277 e. The summed E-state index contributed by atoms with van der Waals surface area (Å²) in [6.45, 7) is 0.409. The zero-order valence-corrected chi connectivity index (χ0v) is 17.2. The number of methoxy groups -OCH3 is 2. The highest BCUT2D eigenvalue weighted by atomic mass is 16.5. The summed E-state index contributed by atoms with van der Waals surface area (Å²) >= 11 is 0. The summed E-state index contributed by atoms with van der Waals surface area (Å²) in [5.41, 5.74) is 0.751. The predicted molar refractivity (Wildman–Crippen MR) is 109 cm³/mol. The third-order valence-corrected chi connectivity index (χ3v) is 5.12. The topological polar surface area (TPSA) is 102 Å². The first kappa shape index (κ1) is 20.5. The molecule has 2 aromatic rings. The van der Waals surface area contributed by atoms with Gasteiger partial charge in [-0.1, -0.05) is 12.1 Å². The van der Waals surface area contributed by atoms with Crippen LogP contribution >= 0.6 is 0 Å². The standard InChI is InChI=1S/C21H22N4O6/c1-29-17-9-8-14(20(22-17)30-2)21(28)25-11-5-10-24(25)18(26)12-23-15-6-3-4-7-16(15)31-13-19(23)27/h3-4,6-9H,5,10-13H2,1-2H3. The number of nitrogens with zero attached hydrogens (tertiary/aromatic N) is 4. The second-order valence-corrected chi connectivity index (χ2v) is 6.95. The van der Waals surface area contributed by atoms with Gasteiger partial charge in [0.25, 0.3) is 17.7 Å². The third-order valence-electron chi connectivity index (χ3n) is 5.12. The summed E-state index contributed by atoms with van der Waals surface area (Å²) in [5.74, 6) is -0.125. The van der Waals surface area contributed by atoms with Crippen molar-refractivity contribution in [2.75, 3.05) is 45.4 Å². The first-order chi connectivity index (χ1) is 15.0. The van der Waals surface area contributed by atoms with Crippen molar-refractivity contribution in [3.63, 3.8) is 0 Å². The van der Waals surface area contributed by atoms with Gasteiger partial charge in [-0.2, -0.15) is 4.98 Å².